The van der Waals surface area contributed by atoms with Crippen molar-refractivity contribution < 1.29 is 18.7 Å². The van der Waals surface area contributed by atoms with E-state index in [1.165, 1.54) is 0 Å². The molecule has 0 saturated heterocycles. The van der Waals surface area contributed by atoms with E-state index in [2.05, 4.69) is 0 Å². The van der Waals surface area contributed by atoms with Crippen molar-refractivity contribution in [3.63, 3.8) is 0 Å². The summed E-state index contributed by atoms with van der Waals surface area (Å²) in [5.41, 5.74) is 2.38. The maximum atomic E-state index is 12.6. The highest BCUT2D eigenvalue weighted by Crippen LogP contribution is 2.42. The molecule has 0 saturated carbocycles. The van der Waals surface area contributed by atoms with Crippen LogP contribution < -0.4 is 0 Å². The maximum Gasteiger partial charge on any atom is 0.342 e. The molecule has 1 aliphatic heterocycles. The summed E-state index contributed by atoms with van der Waals surface area (Å²) >= 11 is 0. The minimum atomic E-state index is -0.291. The van der Waals surface area contributed by atoms with Gasteiger partial charge in [-0.1, -0.05) is 30.3 Å². The molecule has 0 bridgehead atoms. The lowest BCUT2D eigenvalue weighted by Gasteiger charge is -2.21. The predicted octanol–water partition coefficient (Wildman–Crippen LogP) is 3.90. The third-order valence-corrected chi connectivity index (χ3v) is 4.30. The first kappa shape index (κ1) is 13.6. The van der Waals surface area contributed by atoms with Crippen LogP contribution in [0.25, 0.3) is 11.3 Å². The number of rotatable bonds is 1. The number of esters is 1. The fourth-order valence-electron chi connectivity index (χ4n) is 3.29. The van der Waals surface area contributed by atoms with Crippen LogP contribution in [0, 0.1) is 0 Å². The monoisotopic (exact) mass is 298 g/mol. The summed E-state index contributed by atoms with van der Waals surface area (Å²) in [6, 6.07) is 9.74. The third-order valence-electron chi connectivity index (χ3n) is 4.30. The van der Waals surface area contributed by atoms with E-state index in [0.717, 1.165) is 42.6 Å². The molecule has 1 aromatic heterocycles. The van der Waals surface area contributed by atoms with Gasteiger partial charge in [0.05, 0.1) is 19.3 Å². The van der Waals surface area contributed by atoms with Crippen molar-refractivity contribution in [3.05, 3.63) is 47.2 Å². The molecule has 2 aromatic rings. The highest BCUT2D eigenvalue weighted by atomic mass is 16.5. The van der Waals surface area contributed by atoms with E-state index >= 15 is 0 Å². The van der Waals surface area contributed by atoms with Crippen LogP contribution in [0.15, 0.2) is 34.7 Å². The molecule has 0 fully saturated rings. The molecule has 0 spiro atoms. The summed E-state index contributed by atoms with van der Waals surface area (Å²) in [5, 5.41) is 0. The van der Waals surface area contributed by atoms with Crippen molar-refractivity contribution in [1.82, 2.24) is 0 Å². The van der Waals surface area contributed by atoms with Crippen molar-refractivity contribution in [2.24, 2.45) is 0 Å². The van der Waals surface area contributed by atoms with Crippen LogP contribution >= 0.6 is 0 Å². The van der Waals surface area contributed by atoms with Gasteiger partial charge in [-0.3, -0.25) is 0 Å². The highest BCUT2D eigenvalue weighted by molar-refractivity contribution is 5.98. The Labute approximate surface area is 129 Å². The summed E-state index contributed by atoms with van der Waals surface area (Å²) < 4.78 is 17.4. The van der Waals surface area contributed by atoms with Gasteiger partial charge in [0.1, 0.15) is 17.1 Å². The van der Waals surface area contributed by atoms with Crippen LogP contribution in [0.3, 0.4) is 0 Å². The average molecular weight is 298 g/mol. The first-order chi connectivity index (χ1) is 10.8. The van der Waals surface area contributed by atoms with Gasteiger partial charge in [-0.15, -0.1) is 0 Å². The Hall–Kier alpha value is -2.07. The van der Waals surface area contributed by atoms with E-state index in [0.29, 0.717) is 24.5 Å². The molecule has 1 aliphatic carbocycles. The number of benzene rings is 1. The number of cyclic esters (lactones) is 1. The first-order valence-corrected chi connectivity index (χ1v) is 7.84. The Balaban J connectivity index is 1.91. The molecule has 4 rings (SSSR count). The molecule has 0 N–H and O–H groups in total. The van der Waals surface area contributed by atoms with Gasteiger partial charge in [0.2, 0.25) is 0 Å². The minimum absolute atomic E-state index is 0.0504. The molecule has 4 heteroatoms. The largest absolute Gasteiger partial charge is 0.462 e. The molecule has 4 nitrogen and oxygen atoms in total. The van der Waals surface area contributed by atoms with Gasteiger partial charge in [0.15, 0.2) is 0 Å². The maximum absolute atomic E-state index is 12.6. The highest BCUT2D eigenvalue weighted by Gasteiger charge is 2.35. The lowest BCUT2D eigenvalue weighted by Crippen LogP contribution is -2.14. The summed E-state index contributed by atoms with van der Waals surface area (Å²) in [4.78, 5) is 12.6. The Morgan fingerprint density at radius 1 is 1.05 bits per heavy atom. The van der Waals surface area contributed by atoms with E-state index in [9.17, 15) is 4.79 Å². The lowest BCUT2D eigenvalue weighted by molar-refractivity contribution is 0.0279. The standard InChI is InChI=1S/C18H18O4/c19-18-16-15-13(20-10-5-11-21-18)8-4-9-14(15)22-17(16)12-6-2-1-3-7-12/h1-3,6-7,13H,4-5,8-11H2. The Kier molecular flexibility index (Phi) is 3.47. The smallest absolute Gasteiger partial charge is 0.342 e. The van der Waals surface area contributed by atoms with Gasteiger partial charge in [-0.2, -0.15) is 0 Å². The van der Waals surface area contributed by atoms with E-state index < -0.39 is 0 Å². The van der Waals surface area contributed by atoms with Crippen molar-refractivity contribution >= 4 is 5.97 Å². The fraction of sp³-hybridized carbons (Fsp3) is 0.389. The molecule has 22 heavy (non-hydrogen) atoms. The van der Waals surface area contributed by atoms with Gasteiger partial charge < -0.3 is 13.9 Å². The molecule has 1 atom stereocenters. The third kappa shape index (κ3) is 2.24. The topological polar surface area (TPSA) is 48.7 Å². The number of furan rings is 1. The van der Waals surface area contributed by atoms with Crippen molar-refractivity contribution in [2.45, 2.75) is 31.8 Å². The van der Waals surface area contributed by atoms with Gasteiger partial charge in [-0.05, 0) is 12.8 Å². The molecule has 1 unspecified atom stereocenters. The van der Waals surface area contributed by atoms with Crippen LogP contribution in [0.5, 0.6) is 0 Å². The Morgan fingerprint density at radius 2 is 1.91 bits per heavy atom. The minimum Gasteiger partial charge on any atom is -0.462 e. The van der Waals surface area contributed by atoms with Gasteiger partial charge in [-0.25, -0.2) is 4.79 Å². The van der Waals surface area contributed by atoms with Gasteiger partial charge >= 0.3 is 5.97 Å². The summed E-state index contributed by atoms with van der Waals surface area (Å²) in [6.07, 6.45) is 3.49. The molecule has 0 radical (unpaired) electrons. The molecule has 114 valence electrons. The molecular formula is C18H18O4. The number of carbonyl (C=O) groups excluding carboxylic acids is 1. The normalized spacial score (nSPS) is 21.3. The zero-order valence-corrected chi connectivity index (χ0v) is 12.3. The molecular weight excluding hydrogens is 280 g/mol. The van der Waals surface area contributed by atoms with Crippen molar-refractivity contribution in [1.29, 1.82) is 0 Å². The summed E-state index contributed by atoms with van der Waals surface area (Å²) in [5.74, 6) is 1.21. The SMILES string of the molecule is O=C1OCCCOC2CCCc3oc(-c4ccccc4)c1c32. The van der Waals surface area contributed by atoms with E-state index in [-0.39, 0.29) is 12.1 Å². The predicted molar refractivity (Wildman–Crippen MR) is 80.7 cm³/mol. The van der Waals surface area contributed by atoms with Crippen molar-refractivity contribution in [3.8, 4) is 11.3 Å². The lowest BCUT2D eigenvalue weighted by atomic mass is 9.91. The number of aryl methyl sites for hydroxylation is 1. The second-order valence-electron chi connectivity index (χ2n) is 5.75. The summed E-state index contributed by atoms with van der Waals surface area (Å²) in [6.45, 7) is 1.00. The molecule has 2 aliphatic rings. The van der Waals surface area contributed by atoms with Gasteiger partial charge in [0, 0.05) is 24.0 Å². The van der Waals surface area contributed by atoms with E-state index in [1.807, 2.05) is 30.3 Å². The second-order valence-corrected chi connectivity index (χ2v) is 5.75. The molecule has 2 heterocycles. The van der Waals surface area contributed by atoms with E-state index in [1.54, 1.807) is 0 Å². The summed E-state index contributed by atoms with van der Waals surface area (Å²) in [7, 11) is 0. The number of ether oxygens (including phenoxy) is 2. The number of hydrogen-bond acceptors (Lipinski definition) is 4. The first-order valence-electron chi connectivity index (χ1n) is 7.84. The van der Waals surface area contributed by atoms with Crippen molar-refractivity contribution in [2.75, 3.05) is 13.2 Å². The average Bonchev–Trinajstić information content (AvgIpc) is 2.97. The number of carbonyl (C=O) groups is 1. The second kappa shape index (κ2) is 5.61. The van der Waals surface area contributed by atoms with Crippen LogP contribution in [0.1, 0.15) is 47.0 Å². The molecule has 1 aromatic carbocycles. The quantitative estimate of drug-likeness (QED) is 0.749. The molecule has 0 amide bonds. The van der Waals surface area contributed by atoms with Crippen LogP contribution in [-0.2, 0) is 15.9 Å². The Bertz CT molecular complexity index is 687. The number of hydrogen-bond donors (Lipinski definition) is 0. The van der Waals surface area contributed by atoms with Gasteiger partial charge in [0.25, 0.3) is 0 Å². The Morgan fingerprint density at radius 3 is 2.77 bits per heavy atom. The fourth-order valence-corrected chi connectivity index (χ4v) is 3.29. The zero-order valence-electron chi connectivity index (χ0n) is 12.3. The van der Waals surface area contributed by atoms with Crippen LogP contribution in [0.2, 0.25) is 0 Å². The van der Waals surface area contributed by atoms with Crippen LogP contribution in [0.4, 0.5) is 0 Å². The zero-order chi connectivity index (χ0) is 14.9. The van der Waals surface area contributed by atoms with E-state index in [4.69, 9.17) is 13.9 Å². The van der Waals surface area contributed by atoms with Crippen LogP contribution in [-0.4, -0.2) is 19.2 Å².